The van der Waals surface area contributed by atoms with Crippen molar-refractivity contribution in [2.75, 3.05) is 6.16 Å². The van der Waals surface area contributed by atoms with E-state index < -0.39 is 7.94 Å². The maximum absolute atomic E-state index is 10.6. The molecular weight excluding hydrogens is 342 g/mol. The molecule has 0 rings (SSSR count). The minimum atomic E-state index is -4.01. The first-order valence-corrected chi connectivity index (χ1v) is 12.4. The SMILES string of the molecule is CCCCCCCCCCCCCCCCCCCC[P+]([O-])([O-])O.[Na+]. The Hall–Kier alpha value is 1.31. The first-order valence-electron chi connectivity index (χ1n) is 10.6. The minimum Gasteiger partial charge on any atom is -0.660 e. The van der Waals surface area contributed by atoms with Crippen molar-refractivity contribution in [2.45, 2.75) is 122 Å². The molecule has 0 aliphatic heterocycles. The average Bonchev–Trinajstić information content (AvgIpc) is 2.52. The van der Waals surface area contributed by atoms with Crippen molar-refractivity contribution in [3.05, 3.63) is 0 Å². The molecule has 0 aromatic rings. The average molecular weight is 385 g/mol. The predicted molar refractivity (Wildman–Crippen MR) is 103 cm³/mol. The Morgan fingerprint density at radius 3 is 1.00 bits per heavy atom. The first-order chi connectivity index (χ1) is 11.6. The molecule has 0 unspecified atom stereocenters. The van der Waals surface area contributed by atoms with Crippen LogP contribution >= 0.6 is 7.94 Å². The molecule has 0 amide bonds. The Morgan fingerprint density at radius 2 is 0.760 bits per heavy atom. The fourth-order valence-corrected chi connectivity index (χ4v) is 3.84. The van der Waals surface area contributed by atoms with E-state index in [1.54, 1.807) is 0 Å². The quantitative estimate of drug-likeness (QED) is 0.211. The van der Waals surface area contributed by atoms with Crippen LogP contribution in [0, 0.1) is 0 Å². The molecular formula is C20H42NaO3P. The van der Waals surface area contributed by atoms with Crippen molar-refractivity contribution in [3.8, 4) is 0 Å². The maximum Gasteiger partial charge on any atom is 1.00 e. The zero-order valence-corrected chi connectivity index (χ0v) is 20.0. The summed E-state index contributed by atoms with van der Waals surface area (Å²) in [5.41, 5.74) is 0. The Labute approximate surface area is 180 Å². The summed E-state index contributed by atoms with van der Waals surface area (Å²) in [6.45, 7) is 2.27. The van der Waals surface area contributed by atoms with E-state index in [1.807, 2.05) is 0 Å². The molecule has 0 aromatic heterocycles. The number of hydrogen-bond acceptors (Lipinski definition) is 3. The first kappa shape index (κ1) is 28.5. The van der Waals surface area contributed by atoms with Crippen LogP contribution in [0.4, 0.5) is 0 Å². The Morgan fingerprint density at radius 1 is 0.520 bits per heavy atom. The molecule has 0 saturated carbocycles. The monoisotopic (exact) mass is 384 g/mol. The van der Waals surface area contributed by atoms with E-state index in [1.165, 1.54) is 96.3 Å². The molecule has 0 aromatic carbocycles. The van der Waals surface area contributed by atoms with Crippen LogP contribution in [0.3, 0.4) is 0 Å². The molecule has 0 heterocycles. The minimum absolute atomic E-state index is 0. The maximum atomic E-state index is 10.6. The Kier molecular flexibility index (Phi) is 24.6. The molecule has 0 aliphatic rings. The van der Waals surface area contributed by atoms with E-state index >= 15 is 0 Å². The van der Waals surface area contributed by atoms with Gasteiger partial charge in [-0.1, -0.05) is 110 Å². The molecule has 3 nitrogen and oxygen atoms in total. The summed E-state index contributed by atoms with van der Waals surface area (Å²) < 4.78 is 0. The topological polar surface area (TPSA) is 66.3 Å². The fraction of sp³-hybridized carbons (Fsp3) is 1.00. The van der Waals surface area contributed by atoms with Crippen LogP contribution in [0.5, 0.6) is 0 Å². The van der Waals surface area contributed by atoms with Crippen molar-refractivity contribution in [1.82, 2.24) is 0 Å². The molecule has 0 spiro atoms. The fourth-order valence-electron chi connectivity index (χ4n) is 3.21. The van der Waals surface area contributed by atoms with Crippen molar-refractivity contribution in [2.24, 2.45) is 0 Å². The number of hydrogen-bond donors (Lipinski definition) is 1. The second-order valence-corrected chi connectivity index (χ2v) is 9.09. The standard InChI is InChI=1S/C20H43O3P.Na/c1-2-3-4-5-6-7-8-9-10-11-12-13-14-15-16-17-18-19-20-24(21,22)23;/h2-20H2,1H3,(H2,21,22,23);/q;+1/p-1. The van der Waals surface area contributed by atoms with E-state index in [0.29, 0.717) is 6.42 Å². The summed E-state index contributed by atoms with van der Waals surface area (Å²) in [5.74, 6) is 0. The molecule has 146 valence electrons. The van der Waals surface area contributed by atoms with Gasteiger partial charge in [0.15, 0.2) is 0 Å². The molecule has 0 bridgehead atoms. The van der Waals surface area contributed by atoms with Crippen LogP contribution in [0.1, 0.15) is 122 Å². The second kappa shape index (κ2) is 21.6. The summed E-state index contributed by atoms with van der Waals surface area (Å²) >= 11 is 0. The van der Waals surface area contributed by atoms with Gasteiger partial charge in [-0.3, -0.25) is 4.89 Å². The third-order valence-electron chi connectivity index (χ3n) is 4.79. The molecule has 0 fully saturated rings. The van der Waals surface area contributed by atoms with Crippen LogP contribution in [0.15, 0.2) is 0 Å². The van der Waals surface area contributed by atoms with Crippen LogP contribution in [-0.2, 0) is 0 Å². The van der Waals surface area contributed by atoms with Gasteiger partial charge < -0.3 is 9.79 Å². The van der Waals surface area contributed by atoms with E-state index in [-0.39, 0.29) is 35.7 Å². The summed E-state index contributed by atoms with van der Waals surface area (Å²) in [6.07, 6.45) is 23.2. The molecule has 0 aliphatic carbocycles. The molecule has 1 N–H and O–H groups in total. The Balaban J connectivity index is 0. The summed E-state index contributed by atoms with van der Waals surface area (Å²) in [6, 6.07) is 0. The van der Waals surface area contributed by atoms with Crippen molar-refractivity contribution in [1.29, 1.82) is 0 Å². The number of rotatable bonds is 19. The third-order valence-corrected chi connectivity index (χ3v) is 5.68. The van der Waals surface area contributed by atoms with Crippen molar-refractivity contribution >= 4 is 7.94 Å². The summed E-state index contributed by atoms with van der Waals surface area (Å²) in [5, 5.41) is 0. The molecule has 5 heteroatoms. The molecule has 25 heavy (non-hydrogen) atoms. The van der Waals surface area contributed by atoms with Crippen LogP contribution in [0.25, 0.3) is 0 Å². The molecule has 0 saturated heterocycles. The van der Waals surface area contributed by atoms with E-state index in [9.17, 15) is 9.79 Å². The van der Waals surface area contributed by atoms with Gasteiger partial charge in [0.2, 0.25) is 0 Å². The van der Waals surface area contributed by atoms with Gasteiger partial charge in [0.25, 0.3) is 0 Å². The predicted octanol–water partition coefficient (Wildman–Crippen LogP) is 2.51. The van der Waals surface area contributed by atoms with E-state index in [0.717, 1.165) is 12.8 Å². The second-order valence-electron chi connectivity index (χ2n) is 7.37. The summed E-state index contributed by atoms with van der Waals surface area (Å²) in [7, 11) is -4.01. The van der Waals surface area contributed by atoms with Gasteiger partial charge in [-0.25, -0.2) is 0 Å². The third kappa shape index (κ3) is 27.6. The van der Waals surface area contributed by atoms with Gasteiger partial charge in [-0.15, -0.1) is 0 Å². The van der Waals surface area contributed by atoms with Crippen molar-refractivity contribution < 1.29 is 44.2 Å². The van der Waals surface area contributed by atoms with E-state index in [4.69, 9.17) is 4.89 Å². The van der Waals surface area contributed by atoms with Gasteiger partial charge in [0, 0.05) is 7.94 Å². The van der Waals surface area contributed by atoms with Crippen LogP contribution < -0.4 is 39.3 Å². The van der Waals surface area contributed by atoms with Crippen molar-refractivity contribution in [3.63, 3.8) is 0 Å². The number of unbranched alkanes of at least 4 members (excludes halogenated alkanes) is 17. The van der Waals surface area contributed by atoms with Gasteiger partial charge >= 0.3 is 29.6 Å². The van der Waals surface area contributed by atoms with Gasteiger partial charge in [-0.05, 0) is 12.8 Å². The zero-order valence-electron chi connectivity index (χ0n) is 17.1. The Bertz CT molecular complexity index is 248. The van der Waals surface area contributed by atoms with E-state index in [2.05, 4.69) is 6.92 Å². The van der Waals surface area contributed by atoms with Crippen LogP contribution in [-0.4, -0.2) is 11.1 Å². The van der Waals surface area contributed by atoms with Gasteiger partial charge in [-0.2, -0.15) is 0 Å². The van der Waals surface area contributed by atoms with Crippen LogP contribution in [0.2, 0.25) is 0 Å². The molecule has 0 atom stereocenters. The summed E-state index contributed by atoms with van der Waals surface area (Å²) in [4.78, 5) is 29.8. The van der Waals surface area contributed by atoms with Gasteiger partial charge in [0.05, 0.1) is 6.16 Å². The smallest absolute Gasteiger partial charge is 0.660 e. The van der Waals surface area contributed by atoms with Gasteiger partial charge in [0.1, 0.15) is 0 Å². The zero-order chi connectivity index (χ0) is 17.9. The largest absolute Gasteiger partial charge is 1.00 e. The normalized spacial score (nSPS) is 11.5. The molecule has 0 radical (unpaired) electrons.